The van der Waals surface area contributed by atoms with Crippen molar-refractivity contribution < 1.29 is 27.8 Å². The molecule has 0 saturated heterocycles. The number of carbonyl (C=O) groups is 1. The van der Waals surface area contributed by atoms with Crippen LogP contribution < -0.4 is 10.5 Å². The molecule has 0 radical (unpaired) electrons. The SMILES string of the molecule is CC(N)C(C)C(=O)N(C)CC(O)COc1ccc(C(F)(F)F)cc1. The van der Waals surface area contributed by atoms with Gasteiger partial charge in [-0.05, 0) is 31.2 Å². The first kappa shape index (κ1) is 20.2. The molecule has 0 saturated carbocycles. The van der Waals surface area contributed by atoms with Gasteiger partial charge < -0.3 is 20.5 Å². The van der Waals surface area contributed by atoms with Gasteiger partial charge in [0.1, 0.15) is 18.5 Å². The molecule has 0 bridgehead atoms. The number of hydrogen-bond donors (Lipinski definition) is 2. The van der Waals surface area contributed by atoms with E-state index in [1.54, 1.807) is 20.9 Å². The van der Waals surface area contributed by atoms with Crippen molar-refractivity contribution in [1.82, 2.24) is 4.90 Å². The molecule has 136 valence electrons. The molecule has 0 aliphatic rings. The summed E-state index contributed by atoms with van der Waals surface area (Å²) in [6, 6.07) is 3.87. The van der Waals surface area contributed by atoms with Crippen LogP contribution in [-0.4, -0.2) is 48.3 Å². The third kappa shape index (κ3) is 6.01. The summed E-state index contributed by atoms with van der Waals surface area (Å²) < 4.78 is 42.6. The Morgan fingerprint density at radius 1 is 1.29 bits per heavy atom. The molecule has 3 N–H and O–H groups in total. The van der Waals surface area contributed by atoms with E-state index in [2.05, 4.69) is 0 Å². The largest absolute Gasteiger partial charge is 0.491 e. The van der Waals surface area contributed by atoms with Gasteiger partial charge in [-0.2, -0.15) is 13.2 Å². The number of amides is 1. The lowest BCUT2D eigenvalue weighted by atomic mass is 10.0. The van der Waals surface area contributed by atoms with Crippen LogP contribution in [0.2, 0.25) is 0 Å². The number of nitrogens with two attached hydrogens (primary N) is 1. The Kier molecular flexibility index (Phi) is 7.04. The van der Waals surface area contributed by atoms with Crippen molar-refractivity contribution in [2.75, 3.05) is 20.2 Å². The van der Waals surface area contributed by atoms with Gasteiger partial charge in [0.2, 0.25) is 5.91 Å². The monoisotopic (exact) mass is 348 g/mol. The number of benzene rings is 1. The molecule has 0 heterocycles. The van der Waals surface area contributed by atoms with Crippen LogP contribution in [0, 0.1) is 5.92 Å². The lowest BCUT2D eigenvalue weighted by Gasteiger charge is -2.25. The smallest absolute Gasteiger partial charge is 0.416 e. The molecule has 0 aliphatic carbocycles. The molecule has 1 aromatic carbocycles. The van der Waals surface area contributed by atoms with Gasteiger partial charge in [-0.3, -0.25) is 4.79 Å². The number of hydrogen-bond acceptors (Lipinski definition) is 4. The summed E-state index contributed by atoms with van der Waals surface area (Å²) in [5, 5.41) is 9.90. The molecule has 8 heteroatoms. The van der Waals surface area contributed by atoms with Crippen LogP contribution in [0.25, 0.3) is 0 Å². The average Bonchev–Trinajstić information content (AvgIpc) is 2.50. The van der Waals surface area contributed by atoms with E-state index >= 15 is 0 Å². The van der Waals surface area contributed by atoms with E-state index < -0.39 is 17.8 Å². The number of ether oxygens (including phenoxy) is 1. The number of rotatable bonds is 7. The zero-order valence-corrected chi connectivity index (χ0v) is 13.9. The predicted molar refractivity (Wildman–Crippen MR) is 83.4 cm³/mol. The second-order valence-electron chi connectivity index (χ2n) is 5.85. The van der Waals surface area contributed by atoms with Crippen molar-refractivity contribution in [3.63, 3.8) is 0 Å². The Balaban J connectivity index is 2.48. The molecule has 24 heavy (non-hydrogen) atoms. The van der Waals surface area contributed by atoms with E-state index in [0.29, 0.717) is 0 Å². The number of aliphatic hydroxyl groups is 1. The normalized spacial score (nSPS) is 15.5. The number of alkyl halides is 3. The van der Waals surface area contributed by atoms with Crippen LogP contribution in [0.15, 0.2) is 24.3 Å². The molecule has 0 aliphatic heterocycles. The first-order valence-electron chi connectivity index (χ1n) is 7.51. The Labute approximate surface area is 139 Å². The number of halogens is 3. The van der Waals surface area contributed by atoms with E-state index in [1.807, 2.05) is 0 Å². The van der Waals surface area contributed by atoms with Gasteiger partial charge >= 0.3 is 6.18 Å². The second-order valence-corrected chi connectivity index (χ2v) is 5.85. The van der Waals surface area contributed by atoms with Crippen LogP contribution in [0.5, 0.6) is 5.75 Å². The number of aliphatic hydroxyl groups excluding tert-OH is 1. The summed E-state index contributed by atoms with van der Waals surface area (Å²) in [6.07, 6.45) is -5.38. The summed E-state index contributed by atoms with van der Waals surface area (Å²) in [4.78, 5) is 13.4. The van der Waals surface area contributed by atoms with Gasteiger partial charge in [0.15, 0.2) is 0 Å². The first-order chi connectivity index (χ1) is 11.0. The highest BCUT2D eigenvalue weighted by Gasteiger charge is 2.30. The predicted octanol–water partition coefficient (Wildman–Crippen LogP) is 1.89. The molecule has 0 aromatic heterocycles. The summed E-state index contributed by atoms with van der Waals surface area (Å²) >= 11 is 0. The van der Waals surface area contributed by atoms with E-state index in [0.717, 1.165) is 12.1 Å². The second kappa shape index (κ2) is 8.34. The molecule has 0 fully saturated rings. The van der Waals surface area contributed by atoms with E-state index in [-0.39, 0.29) is 36.8 Å². The quantitative estimate of drug-likeness (QED) is 0.789. The third-order valence-corrected chi connectivity index (χ3v) is 3.66. The summed E-state index contributed by atoms with van der Waals surface area (Å²) in [7, 11) is 1.54. The summed E-state index contributed by atoms with van der Waals surface area (Å²) in [5.74, 6) is -0.364. The van der Waals surface area contributed by atoms with Gasteiger partial charge in [-0.25, -0.2) is 0 Å². The highest BCUT2D eigenvalue weighted by Crippen LogP contribution is 2.30. The standard InChI is InChI=1S/C16H23F3N2O3/c1-10(11(2)20)15(23)21(3)8-13(22)9-24-14-6-4-12(5-7-14)16(17,18)19/h4-7,10-11,13,22H,8-9,20H2,1-3H3. The fourth-order valence-corrected chi connectivity index (χ4v) is 1.96. The van der Waals surface area contributed by atoms with Crippen molar-refractivity contribution in [2.24, 2.45) is 11.7 Å². The van der Waals surface area contributed by atoms with E-state index in [1.165, 1.54) is 17.0 Å². The average molecular weight is 348 g/mol. The van der Waals surface area contributed by atoms with Crippen LogP contribution in [0.1, 0.15) is 19.4 Å². The molecule has 1 aromatic rings. The zero-order valence-electron chi connectivity index (χ0n) is 13.9. The molecule has 1 rings (SSSR count). The third-order valence-electron chi connectivity index (χ3n) is 3.66. The Hall–Kier alpha value is -1.80. The molecule has 0 spiro atoms. The molecule has 3 atom stereocenters. The van der Waals surface area contributed by atoms with Crippen molar-refractivity contribution in [3.8, 4) is 5.75 Å². The minimum absolute atomic E-state index is 0.0382. The maximum atomic E-state index is 12.4. The molecule has 5 nitrogen and oxygen atoms in total. The van der Waals surface area contributed by atoms with Gasteiger partial charge in [0.25, 0.3) is 0 Å². The van der Waals surface area contributed by atoms with Crippen molar-refractivity contribution in [1.29, 1.82) is 0 Å². The van der Waals surface area contributed by atoms with Crippen molar-refractivity contribution in [3.05, 3.63) is 29.8 Å². The Bertz CT molecular complexity index is 532. The van der Waals surface area contributed by atoms with Crippen LogP contribution in [0.4, 0.5) is 13.2 Å². The summed E-state index contributed by atoms with van der Waals surface area (Å²) in [5.41, 5.74) is 4.90. The van der Waals surface area contributed by atoms with E-state index in [9.17, 15) is 23.1 Å². The van der Waals surface area contributed by atoms with Crippen LogP contribution in [-0.2, 0) is 11.0 Å². The zero-order chi connectivity index (χ0) is 18.5. The molecule has 3 unspecified atom stereocenters. The van der Waals surface area contributed by atoms with E-state index in [4.69, 9.17) is 10.5 Å². The minimum atomic E-state index is -4.40. The lowest BCUT2D eigenvalue weighted by Crippen LogP contribution is -2.43. The maximum absolute atomic E-state index is 12.4. The first-order valence-corrected chi connectivity index (χ1v) is 7.51. The van der Waals surface area contributed by atoms with Gasteiger partial charge in [-0.15, -0.1) is 0 Å². The molecular formula is C16H23F3N2O3. The number of likely N-dealkylation sites (N-methyl/N-ethyl adjacent to an activating group) is 1. The fraction of sp³-hybridized carbons (Fsp3) is 0.562. The minimum Gasteiger partial charge on any atom is -0.491 e. The Morgan fingerprint density at radius 2 is 1.83 bits per heavy atom. The Morgan fingerprint density at radius 3 is 2.29 bits per heavy atom. The van der Waals surface area contributed by atoms with Gasteiger partial charge in [0, 0.05) is 19.6 Å². The van der Waals surface area contributed by atoms with Gasteiger partial charge in [0.05, 0.1) is 11.5 Å². The van der Waals surface area contributed by atoms with Gasteiger partial charge in [-0.1, -0.05) is 6.92 Å². The number of nitrogens with zero attached hydrogens (tertiary/aromatic N) is 1. The topological polar surface area (TPSA) is 75.8 Å². The highest BCUT2D eigenvalue weighted by atomic mass is 19.4. The molecule has 1 amide bonds. The molecular weight excluding hydrogens is 325 g/mol. The number of carbonyl (C=O) groups excluding carboxylic acids is 1. The lowest BCUT2D eigenvalue weighted by molar-refractivity contribution is -0.137. The fourth-order valence-electron chi connectivity index (χ4n) is 1.96. The van der Waals surface area contributed by atoms with Crippen LogP contribution >= 0.6 is 0 Å². The van der Waals surface area contributed by atoms with Crippen molar-refractivity contribution in [2.45, 2.75) is 32.2 Å². The maximum Gasteiger partial charge on any atom is 0.416 e. The highest BCUT2D eigenvalue weighted by molar-refractivity contribution is 5.78. The van der Waals surface area contributed by atoms with Crippen LogP contribution in [0.3, 0.4) is 0 Å². The van der Waals surface area contributed by atoms with Crippen molar-refractivity contribution >= 4 is 5.91 Å². The summed E-state index contributed by atoms with van der Waals surface area (Å²) in [6.45, 7) is 3.32.